The zero-order chi connectivity index (χ0) is 20.1. The second-order valence-corrected chi connectivity index (χ2v) is 11.2. The minimum atomic E-state index is -3.06. The average Bonchev–Trinajstić information content (AvgIpc) is 3.09. The minimum absolute atomic E-state index is 0.121. The molecule has 1 fully saturated rings. The highest BCUT2D eigenvalue weighted by Gasteiger charge is 2.47. The normalized spacial score (nSPS) is 23.0. The van der Waals surface area contributed by atoms with Crippen LogP contribution in [-0.4, -0.2) is 37.2 Å². The SMILES string of the molecule is Cc1ccc(C)c(N2C(SCc3ccc(Cl)c(Cl)c3)=N[C@H]3CS(=O)(=O)C[C@H]32)c1. The van der Waals surface area contributed by atoms with Crippen LogP contribution >= 0.6 is 35.0 Å². The third-order valence-corrected chi connectivity index (χ3v) is 8.56. The number of aliphatic imine (C=N–C) groups is 1. The van der Waals surface area contributed by atoms with Gasteiger partial charge in [-0.2, -0.15) is 0 Å². The first-order valence-corrected chi connectivity index (χ1v) is 12.5. The standard InChI is InChI=1S/C20H20Cl2N2O2S2/c1-12-3-4-13(2)18(7-12)24-19-11-28(25,26)10-17(19)23-20(24)27-9-14-5-6-15(21)16(22)8-14/h3-8,17,19H,9-11H2,1-2H3/t17-,19+/m0/s1. The number of amidine groups is 1. The van der Waals surface area contributed by atoms with Gasteiger partial charge in [-0.3, -0.25) is 4.99 Å². The molecule has 2 atom stereocenters. The summed E-state index contributed by atoms with van der Waals surface area (Å²) in [6, 6.07) is 11.5. The van der Waals surface area contributed by atoms with Gasteiger partial charge in [-0.25, -0.2) is 8.42 Å². The lowest BCUT2D eigenvalue weighted by atomic mass is 10.1. The molecule has 148 valence electrons. The number of aryl methyl sites for hydroxylation is 2. The van der Waals surface area contributed by atoms with Crippen LogP contribution < -0.4 is 4.90 Å². The largest absolute Gasteiger partial charge is 0.315 e. The Morgan fingerprint density at radius 1 is 1.11 bits per heavy atom. The molecule has 2 heterocycles. The molecular weight excluding hydrogens is 435 g/mol. The highest BCUT2D eigenvalue weighted by atomic mass is 35.5. The van der Waals surface area contributed by atoms with Gasteiger partial charge in [-0.1, -0.05) is 53.2 Å². The average molecular weight is 455 g/mol. The molecule has 0 radical (unpaired) electrons. The van der Waals surface area contributed by atoms with Gasteiger partial charge in [-0.15, -0.1) is 0 Å². The number of halogens is 2. The number of anilines is 1. The van der Waals surface area contributed by atoms with Gasteiger partial charge in [0.1, 0.15) is 0 Å². The molecule has 28 heavy (non-hydrogen) atoms. The van der Waals surface area contributed by atoms with Gasteiger partial charge < -0.3 is 4.90 Å². The van der Waals surface area contributed by atoms with Crippen molar-refractivity contribution in [1.29, 1.82) is 0 Å². The van der Waals surface area contributed by atoms with E-state index in [0.717, 1.165) is 27.5 Å². The molecule has 0 N–H and O–H groups in total. The predicted molar refractivity (Wildman–Crippen MR) is 120 cm³/mol. The monoisotopic (exact) mass is 454 g/mol. The Balaban J connectivity index is 1.65. The van der Waals surface area contributed by atoms with Gasteiger partial charge >= 0.3 is 0 Å². The van der Waals surface area contributed by atoms with E-state index < -0.39 is 9.84 Å². The molecule has 2 aromatic carbocycles. The Bertz CT molecular complexity index is 1070. The molecule has 0 unspecified atom stereocenters. The Morgan fingerprint density at radius 3 is 2.64 bits per heavy atom. The minimum Gasteiger partial charge on any atom is -0.315 e. The van der Waals surface area contributed by atoms with E-state index in [9.17, 15) is 8.42 Å². The molecule has 2 aliphatic heterocycles. The number of hydrogen-bond donors (Lipinski definition) is 0. The van der Waals surface area contributed by atoms with Crippen molar-refractivity contribution >= 4 is 55.7 Å². The molecule has 8 heteroatoms. The van der Waals surface area contributed by atoms with E-state index in [-0.39, 0.29) is 23.6 Å². The van der Waals surface area contributed by atoms with Crippen LogP contribution in [0.2, 0.25) is 10.0 Å². The summed E-state index contributed by atoms with van der Waals surface area (Å²) < 4.78 is 24.4. The molecule has 0 saturated carbocycles. The predicted octanol–water partition coefficient (Wildman–Crippen LogP) is 4.89. The molecule has 0 spiro atoms. The van der Waals surface area contributed by atoms with Crippen LogP contribution in [0.5, 0.6) is 0 Å². The second kappa shape index (κ2) is 7.56. The first-order valence-electron chi connectivity index (χ1n) is 8.95. The highest BCUT2D eigenvalue weighted by Crippen LogP contribution is 2.38. The van der Waals surface area contributed by atoms with Crippen molar-refractivity contribution in [2.75, 3.05) is 16.4 Å². The zero-order valence-electron chi connectivity index (χ0n) is 15.5. The maximum absolute atomic E-state index is 12.2. The molecule has 4 rings (SSSR count). The first kappa shape index (κ1) is 20.1. The van der Waals surface area contributed by atoms with E-state index in [2.05, 4.69) is 23.1 Å². The maximum Gasteiger partial charge on any atom is 0.164 e. The van der Waals surface area contributed by atoms with Crippen molar-refractivity contribution in [3.8, 4) is 0 Å². The Hall–Kier alpha value is -1.21. The van der Waals surface area contributed by atoms with Crippen LogP contribution in [0.3, 0.4) is 0 Å². The van der Waals surface area contributed by atoms with Crippen LogP contribution in [0.15, 0.2) is 41.4 Å². The van der Waals surface area contributed by atoms with Crippen LogP contribution in [0.4, 0.5) is 5.69 Å². The molecular formula is C20H20Cl2N2O2S2. The third-order valence-electron chi connectivity index (χ3n) is 5.08. The van der Waals surface area contributed by atoms with Gasteiger partial charge in [0.05, 0.1) is 33.6 Å². The summed E-state index contributed by atoms with van der Waals surface area (Å²) in [6.45, 7) is 4.09. The topological polar surface area (TPSA) is 49.7 Å². The second-order valence-electron chi connectivity index (χ2n) is 7.32. The lowest BCUT2D eigenvalue weighted by Crippen LogP contribution is -2.39. The number of hydrogen-bond acceptors (Lipinski definition) is 5. The Kier molecular flexibility index (Phi) is 5.42. The maximum atomic E-state index is 12.2. The Labute approximate surface area is 179 Å². The van der Waals surface area contributed by atoms with Gasteiger partial charge in [0.25, 0.3) is 0 Å². The van der Waals surface area contributed by atoms with Crippen LogP contribution in [0, 0.1) is 13.8 Å². The van der Waals surface area contributed by atoms with Crippen molar-refractivity contribution in [2.45, 2.75) is 31.7 Å². The van der Waals surface area contributed by atoms with Gasteiger partial charge in [-0.05, 0) is 48.7 Å². The van der Waals surface area contributed by atoms with E-state index in [1.165, 1.54) is 0 Å². The van der Waals surface area contributed by atoms with Crippen molar-refractivity contribution in [2.24, 2.45) is 4.99 Å². The number of thioether (sulfide) groups is 1. The molecule has 0 amide bonds. The molecule has 2 aliphatic rings. The van der Waals surface area contributed by atoms with Crippen LogP contribution in [-0.2, 0) is 15.6 Å². The summed E-state index contributed by atoms with van der Waals surface area (Å²) in [5.74, 6) is 0.949. The fourth-order valence-electron chi connectivity index (χ4n) is 3.67. The smallest absolute Gasteiger partial charge is 0.164 e. The summed E-state index contributed by atoms with van der Waals surface area (Å²) in [4.78, 5) is 6.92. The quantitative estimate of drug-likeness (QED) is 0.662. The lowest BCUT2D eigenvalue weighted by molar-refractivity contribution is 0.601. The summed E-state index contributed by atoms with van der Waals surface area (Å²) in [7, 11) is -3.06. The van der Waals surface area contributed by atoms with Gasteiger partial charge in [0, 0.05) is 11.4 Å². The van der Waals surface area contributed by atoms with Crippen molar-refractivity contribution < 1.29 is 8.42 Å². The van der Waals surface area contributed by atoms with Crippen LogP contribution in [0.1, 0.15) is 16.7 Å². The van der Waals surface area contributed by atoms with Crippen LogP contribution in [0.25, 0.3) is 0 Å². The molecule has 0 aliphatic carbocycles. The number of rotatable bonds is 3. The zero-order valence-corrected chi connectivity index (χ0v) is 18.7. The summed E-state index contributed by atoms with van der Waals surface area (Å²) in [6.07, 6.45) is 0. The fraction of sp³-hybridized carbons (Fsp3) is 0.350. The van der Waals surface area contributed by atoms with E-state index in [0.29, 0.717) is 15.8 Å². The number of sulfone groups is 1. The number of nitrogens with zero attached hydrogens (tertiary/aromatic N) is 2. The molecule has 1 saturated heterocycles. The third kappa shape index (κ3) is 3.92. The fourth-order valence-corrected chi connectivity index (χ4v) is 6.89. The summed E-state index contributed by atoms with van der Waals surface area (Å²) in [5.41, 5.74) is 4.33. The molecule has 4 nitrogen and oxygen atoms in total. The number of fused-ring (bicyclic) bond motifs is 1. The molecule has 0 bridgehead atoms. The first-order chi connectivity index (χ1) is 13.2. The van der Waals surface area contributed by atoms with Crippen molar-refractivity contribution in [3.05, 3.63) is 63.1 Å². The van der Waals surface area contributed by atoms with Gasteiger partial charge in [0.2, 0.25) is 0 Å². The lowest BCUT2D eigenvalue weighted by Gasteiger charge is -2.28. The summed E-state index contributed by atoms with van der Waals surface area (Å²) >= 11 is 13.7. The molecule has 2 aromatic rings. The van der Waals surface area contributed by atoms with E-state index in [1.54, 1.807) is 17.8 Å². The van der Waals surface area contributed by atoms with E-state index >= 15 is 0 Å². The van der Waals surface area contributed by atoms with E-state index in [4.69, 9.17) is 28.2 Å². The highest BCUT2D eigenvalue weighted by molar-refractivity contribution is 8.13. The van der Waals surface area contributed by atoms with E-state index in [1.807, 2.05) is 26.0 Å². The summed E-state index contributed by atoms with van der Waals surface area (Å²) in [5, 5.41) is 1.93. The molecule has 0 aromatic heterocycles. The van der Waals surface area contributed by atoms with Crippen molar-refractivity contribution in [1.82, 2.24) is 0 Å². The Morgan fingerprint density at radius 2 is 1.89 bits per heavy atom. The van der Waals surface area contributed by atoms with Gasteiger partial charge in [0.15, 0.2) is 15.0 Å². The van der Waals surface area contributed by atoms with Crippen molar-refractivity contribution in [3.63, 3.8) is 0 Å². The number of benzene rings is 2.